The Morgan fingerprint density at radius 2 is 1.60 bits per heavy atom. The summed E-state index contributed by atoms with van der Waals surface area (Å²) in [5, 5.41) is 0. The Labute approximate surface area is 99.1 Å². The van der Waals surface area contributed by atoms with E-state index in [1.807, 2.05) is 24.3 Å². The molecule has 0 heterocycles. The first kappa shape index (κ1) is 17.1. The van der Waals surface area contributed by atoms with Crippen molar-refractivity contribution in [2.75, 3.05) is 0 Å². The summed E-state index contributed by atoms with van der Waals surface area (Å²) in [6.07, 6.45) is 0. The summed E-state index contributed by atoms with van der Waals surface area (Å²) in [6.45, 7) is 2.06. The maximum absolute atomic E-state index is 2.93. The summed E-state index contributed by atoms with van der Waals surface area (Å²) in [4.78, 5) is 0. The van der Waals surface area contributed by atoms with Crippen molar-refractivity contribution in [2.24, 2.45) is 0 Å². The molecule has 1 aromatic rings. The molecule has 0 nitrogen and oxygen atoms in total. The van der Waals surface area contributed by atoms with Gasteiger partial charge in [-0.2, -0.15) is 35.9 Å². The minimum absolute atomic E-state index is 0. The van der Waals surface area contributed by atoms with E-state index in [9.17, 15) is 0 Å². The maximum Gasteiger partial charge on any atom is 2.00 e. The number of rotatable bonds is 0. The Balaban J connectivity index is -0.000000163. The van der Waals surface area contributed by atoms with Crippen molar-refractivity contribution in [2.45, 2.75) is 6.92 Å². The predicted molar refractivity (Wildman–Crippen MR) is 46.1 cm³/mol. The third-order valence-corrected chi connectivity index (χ3v) is 0.885. The number of hydrogen-bond acceptors (Lipinski definition) is 0. The van der Waals surface area contributed by atoms with Crippen LogP contribution in [-0.4, -0.2) is 23.1 Å². The van der Waals surface area contributed by atoms with Gasteiger partial charge in [-0.15, -0.1) is 17.0 Å². The molecule has 0 aliphatic rings. The van der Waals surface area contributed by atoms with Crippen LogP contribution in [0.1, 0.15) is 5.56 Å². The van der Waals surface area contributed by atoms with Gasteiger partial charge in [0.15, 0.2) is 0 Å². The van der Waals surface area contributed by atoms with Crippen molar-refractivity contribution < 1.29 is 17.0 Å². The van der Waals surface area contributed by atoms with Gasteiger partial charge < -0.3 is 17.0 Å². The van der Waals surface area contributed by atoms with Gasteiger partial charge in [-0.1, -0.05) is 6.92 Å². The molecule has 0 N–H and O–H groups in total. The van der Waals surface area contributed by atoms with Crippen LogP contribution < -0.4 is 17.0 Å². The van der Waals surface area contributed by atoms with Crippen LogP contribution in [0.5, 0.6) is 0 Å². The summed E-state index contributed by atoms with van der Waals surface area (Å²) in [6, 6.07) is 10.8. The van der Waals surface area contributed by atoms with Crippen LogP contribution >= 0.6 is 17.0 Å². The second-order valence-corrected chi connectivity index (χ2v) is 1.58. The van der Waals surface area contributed by atoms with Crippen molar-refractivity contribution in [3.05, 3.63) is 35.9 Å². The average molecular weight is 276 g/mol. The molecular weight excluding hydrogens is 268 g/mol. The second kappa shape index (κ2) is 9.95. The number of hydrogen-bond donors (Lipinski definition) is 0. The average Bonchev–Trinajstić information content (AvgIpc) is 1.69. The van der Waals surface area contributed by atoms with Gasteiger partial charge in [-0.25, -0.2) is 0 Å². The van der Waals surface area contributed by atoms with E-state index in [0.29, 0.717) is 0 Å². The van der Waals surface area contributed by atoms with Crippen LogP contribution in [0.3, 0.4) is 0 Å². The van der Waals surface area contributed by atoms with E-state index in [0.717, 1.165) is 0 Å². The molecule has 0 spiro atoms. The summed E-state index contributed by atoms with van der Waals surface area (Å²) >= 11 is 0. The van der Waals surface area contributed by atoms with Crippen molar-refractivity contribution >= 4 is 40.0 Å². The van der Waals surface area contributed by atoms with Gasteiger partial charge in [0.2, 0.25) is 0 Å². The fraction of sp³-hybridized carbons (Fsp3) is 0.143. The smallest absolute Gasteiger partial charge is 1.00 e. The molecule has 0 saturated heterocycles. The molecule has 0 aliphatic heterocycles. The zero-order valence-corrected chi connectivity index (χ0v) is 10.5. The van der Waals surface area contributed by atoms with E-state index in [1.54, 1.807) is 0 Å². The van der Waals surface area contributed by atoms with Crippen molar-refractivity contribution in [1.29, 1.82) is 0 Å². The monoisotopic (exact) mass is 274 g/mol. The first-order valence-corrected chi connectivity index (χ1v) is 2.32. The van der Waals surface area contributed by atoms with Gasteiger partial charge in [0, 0.05) is 0 Å². The summed E-state index contributed by atoms with van der Waals surface area (Å²) < 4.78 is 0. The van der Waals surface area contributed by atoms with Crippen molar-refractivity contribution in [1.82, 2.24) is 0 Å². The maximum atomic E-state index is 2.93. The summed E-state index contributed by atoms with van der Waals surface area (Å²) in [5.74, 6) is 0. The van der Waals surface area contributed by atoms with Crippen LogP contribution in [0.2, 0.25) is 0 Å². The summed E-state index contributed by atoms with van der Waals surface area (Å²) in [7, 11) is 0. The Kier molecular flexibility index (Phi) is 17.1. The Morgan fingerprint density at radius 1 is 1.20 bits per heavy atom. The molecule has 52 valence electrons. The number of aryl methyl sites for hydroxylation is 1. The molecule has 0 amide bonds. The third kappa shape index (κ3) is 7.06. The van der Waals surface area contributed by atoms with Crippen LogP contribution in [0.25, 0.3) is 0 Å². The number of halogens is 2. The molecule has 0 fully saturated rings. The van der Waals surface area contributed by atoms with Crippen LogP contribution in [-0.2, 0) is 0 Å². The van der Waals surface area contributed by atoms with Gasteiger partial charge >= 0.3 is 23.1 Å². The molecule has 0 aromatic heterocycles. The molecule has 0 unspecified atom stereocenters. The van der Waals surface area contributed by atoms with Crippen LogP contribution in [0.15, 0.2) is 24.3 Å². The van der Waals surface area contributed by atoms with E-state index >= 15 is 0 Å². The van der Waals surface area contributed by atoms with Crippen molar-refractivity contribution in [3.63, 3.8) is 0 Å². The topological polar surface area (TPSA) is 0 Å². The second-order valence-electron chi connectivity index (χ2n) is 1.58. The van der Waals surface area contributed by atoms with E-state index in [1.165, 1.54) is 5.56 Å². The quantitative estimate of drug-likeness (QED) is 0.421. The van der Waals surface area contributed by atoms with E-state index < -0.39 is 0 Å². The fourth-order valence-electron chi connectivity index (χ4n) is 0.470. The first-order chi connectivity index (χ1) is 3.39. The Morgan fingerprint density at radius 3 is 1.80 bits per heavy atom. The molecule has 0 aliphatic carbocycles. The van der Waals surface area contributed by atoms with Gasteiger partial charge in [-0.05, 0) is 0 Å². The molecule has 1 rings (SSSR count). The largest absolute Gasteiger partial charge is 2.00 e. The van der Waals surface area contributed by atoms with Crippen molar-refractivity contribution in [3.8, 4) is 0 Å². The Bertz CT molecular complexity index is 142. The number of benzene rings is 1. The minimum atomic E-state index is 0. The fourth-order valence-corrected chi connectivity index (χ4v) is 0.470. The Hall–Kier alpha value is 0.946. The first-order valence-electron chi connectivity index (χ1n) is 2.32. The molecular formula is C7H8Br2Mg. The van der Waals surface area contributed by atoms with Crippen LogP contribution in [0, 0.1) is 13.0 Å². The molecule has 0 radical (unpaired) electrons. The van der Waals surface area contributed by atoms with E-state index in [2.05, 4.69) is 13.0 Å². The standard InChI is InChI=1S/C7H7.2BrH.Mg/c1-7-5-3-2-4-6-7;;;/h3-6H,1H3;2*1H;/q-1;;;+2/p-1. The predicted octanol–water partition coefficient (Wildman–Crippen LogP) is -1.00. The minimum Gasteiger partial charge on any atom is -1.00 e. The zero-order chi connectivity index (χ0) is 5.11. The molecule has 0 atom stereocenters. The summed E-state index contributed by atoms with van der Waals surface area (Å²) in [5.41, 5.74) is 1.29. The third-order valence-electron chi connectivity index (χ3n) is 0.885. The molecule has 1 aromatic carbocycles. The molecule has 10 heavy (non-hydrogen) atoms. The SMILES string of the molecule is Br.Cc1cc[c-]cc1.[Br-].[Mg+2]. The van der Waals surface area contributed by atoms with Gasteiger partial charge in [0.05, 0.1) is 0 Å². The van der Waals surface area contributed by atoms with Gasteiger partial charge in [0.25, 0.3) is 0 Å². The van der Waals surface area contributed by atoms with Crippen LogP contribution in [0.4, 0.5) is 0 Å². The normalized spacial score (nSPS) is 6.10. The zero-order valence-electron chi connectivity index (χ0n) is 5.80. The molecule has 3 heteroatoms. The van der Waals surface area contributed by atoms with Gasteiger partial charge in [-0.3, -0.25) is 0 Å². The molecule has 0 bridgehead atoms. The van der Waals surface area contributed by atoms with E-state index in [4.69, 9.17) is 0 Å². The van der Waals surface area contributed by atoms with Gasteiger partial charge in [0.1, 0.15) is 0 Å². The van der Waals surface area contributed by atoms with E-state index in [-0.39, 0.29) is 57.0 Å². The molecule has 0 saturated carbocycles.